The van der Waals surface area contributed by atoms with Crippen LogP contribution < -0.4 is 11.2 Å². The lowest BCUT2D eigenvalue weighted by Crippen LogP contribution is -2.32. The molecule has 0 bridgehead atoms. The van der Waals surface area contributed by atoms with E-state index in [9.17, 15) is 9.59 Å². The number of nitrogens with zero attached hydrogens (tertiary/aromatic N) is 2. The average Bonchev–Trinajstić information content (AvgIpc) is 2.08. The second-order valence-electron chi connectivity index (χ2n) is 3.44. The molecule has 0 aliphatic rings. The van der Waals surface area contributed by atoms with Crippen molar-refractivity contribution in [1.29, 1.82) is 5.26 Å². The van der Waals surface area contributed by atoms with Crippen molar-refractivity contribution in [1.82, 2.24) is 9.55 Å². The third kappa shape index (κ3) is 2.10. The monoisotopic (exact) mass is 193 g/mol. The summed E-state index contributed by atoms with van der Waals surface area (Å²) in [5, 5.41) is 8.72. The first kappa shape index (κ1) is 10.3. The molecule has 1 aromatic rings. The molecule has 0 amide bonds. The Morgan fingerprint density at radius 3 is 2.71 bits per heavy atom. The molecule has 0 spiro atoms. The predicted molar refractivity (Wildman–Crippen MR) is 50.9 cm³/mol. The van der Waals surface area contributed by atoms with Crippen LogP contribution in [0.2, 0.25) is 0 Å². The van der Waals surface area contributed by atoms with E-state index in [1.165, 1.54) is 4.57 Å². The number of aromatic nitrogens is 2. The van der Waals surface area contributed by atoms with Crippen LogP contribution in [-0.4, -0.2) is 9.55 Å². The zero-order valence-electron chi connectivity index (χ0n) is 8.07. The zero-order chi connectivity index (χ0) is 10.7. The molecule has 1 heterocycles. The maximum Gasteiger partial charge on any atom is 0.329 e. The Balaban J connectivity index is 3.35. The first-order valence-corrected chi connectivity index (χ1v) is 4.29. The van der Waals surface area contributed by atoms with Gasteiger partial charge in [-0.05, 0) is 5.92 Å². The van der Waals surface area contributed by atoms with Crippen LogP contribution in [0, 0.1) is 17.2 Å². The summed E-state index contributed by atoms with van der Waals surface area (Å²) in [4.78, 5) is 24.3. The third-order valence-electron chi connectivity index (χ3n) is 1.70. The quantitative estimate of drug-likeness (QED) is 0.721. The van der Waals surface area contributed by atoms with E-state index < -0.39 is 11.2 Å². The second-order valence-corrected chi connectivity index (χ2v) is 3.44. The Kier molecular flexibility index (Phi) is 2.87. The summed E-state index contributed by atoms with van der Waals surface area (Å²) in [6, 6.07) is 2.95. The van der Waals surface area contributed by atoms with Crippen LogP contribution in [0.3, 0.4) is 0 Å². The molecule has 1 rings (SSSR count). The highest BCUT2D eigenvalue weighted by atomic mass is 16.2. The number of H-pyrrole nitrogens is 1. The van der Waals surface area contributed by atoms with Gasteiger partial charge >= 0.3 is 5.69 Å². The minimum atomic E-state index is -0.536. The van der Waals surface area contributed by atoms with E-state index in [1.807, 2.05) is 19.9 Å². The molecular weight excluding hydrogens is 182 g/mol. The van der Waals surface area contributed by atoms with Crippen molar-refractivity contribution in [2.75, 3.05) is 0 Å². The average molecular weight is 193 g/mol. The van der Waals surface area contributed by atoms with Crippen LogP contribution in [-0.2, 0) is 6.54 Å². The van der Waals surface area contributed by atoms with Crippen LogP contribution >= 0.6 is 0 Å². The van der Waals surface area contributed by atoms with E-state index >= 15 is 0 Å². The van der Waals surface area contributed by atoms with Gasteiger partial charge in [0.05, 0.1) is 0 Å². The molecule has 5 nitrogen and oxygen atoms in total. The lowest BCUT2D eigenvalue weighted by molar-refractivity contribution is 0.498. The normalized spacial score (nSPS) is 10.1. The van der Waals surface area contributed by atoms with Crippen molar-refractivity contribution in [2.24, 2.45) is 5.92 Å². The van der Waals surface area contributed by atoms with Crippen LogP contribution in [0.4, 0.5) is 0 Å². The molecule has 0 aromatic carbocycles. The lowest BCUT2D eigenvalue weighted by atomic mass is 10.2. The van der Waals surface area contributed by atoms with Crippen molar-refractivity contribution in [3.8, 4) is 6.07 Å². The number of nitrogens with one attached hydrogen (secondary N) is 1. The van der Waals surface area contributed by atoms with Crippen LogP contribution in [0.25, 0.3) is 0 Å². The lowest BCUT2D eigenvalue weighted by Gasteiger charge is -2.08. The van der Waals surface area contributed by atoms with E-state index in [4.69, 9.17) is 5.26 Å². The van der Waals surface area contributed by atoms with Crippen molar-refractivity contribution >= 4 is 0 Å². The topological polar surface area (TPSA) is 78.7 Å². The molecule has 74 valence electrons. The van der Waals surface area contributed by atoms with Crippen LogP contribution in [0.5, 0.6) is 0 Å². The number of hydrogen-bond donors (Lipinski definition) is 1. The van der Waals surface area contributed by atoms with E-state index in [2.05, 4.69) is 4.98 Å². The van der Waals surface area contributed by atoms with Crippen molar-refractivity contribution in [3.05, 3.63) is 32.6 Å². The second kappa shape index (κ2) is 3.92. The van der Waals surface area contributed by atoms with Gasteiger partial charge in [0.1, 0.15) is 11.8 Å². The molecule has 0 fully saturated rings. The Labute approximate surface area is 80.6 Å². The maximum absolute atomic E-state index is 11.3. The van der Waals surface area contributed by atoms with Gasteiger partial charge in [0.15, 0.2) is 0 Å². The molecule has 0 aliphatic heterocycles. The fraction of sp³-hybridized carbons (Fsp3) is 0.444. The minimum absolute atomic E-state index is 0.104. The van der Waals surface area contributed by atoms with Crippen LogP contribution in [0.15, 0.2) is 15.7 Å². The smallest absolute Gasteiger partial charge is 0.284 e. The molecule has 0 radical (unpaired) electrons. The molecule has 0 saturated carbocycles. The fourth-order valence-electron chi connectivity index (χ4n) is 1.16. The molecule has 0 atom stereocenters. The SMILES string of the molecule is CC(C)Cn1c(C#N)cc(=O)[nH]c1=O. The summed E-state index contributed by atoms with van der Waals surface area (Å²) in [7, 11) is 0. The Hall–Kier alpha value is -1.83. The Morgan fingerprint density at radius 2 is 2.21 bits per heavy atom. The van der Waals surface area contributed by atoms with Gasteiger partial charge in [0.2, 0.25) is 0 Å². The molecule has 1 N–H and O–H groups in total. The highest BCUT2D eigenvalue weighted by Crippen LogP contribution is 1.98. The van der Waals surface area contributed by atoms with E-state index in [1.54, 1.807) is 0 Å². The largest absolute Gasteiger partial charge is 0.329 e. The summed E-state index contributed by atoms with van der Waals surface area (Å²) in [6.45, 7) is 4.29. The van der Waals surface area contributed by atoms with Gasteiger partial charge in [-0.3, -0.25) is 14.3 Å². The molecular formula is C9H11N3O2. The molecule has 0 saturated heterocycles. The van der Waals surface area contributed by atoms with E-state index in [-0.39, 0.29) is 11.6 Å². The highest BCUT2D eigenvalue weighted by molar-refractivity contribution is 5.18. The van der Waals surface area contributed by atoms with Gasteiger partial charge in [0, 0.05) is 12.6 Å². The molecule has 0 aliphatic carbocycles. The zero-order valence-corrected chi connectivity index (χ0v) is 8.07. The highest BCUT2D eigenvalue weighted by Gasteiger charge is 2.06. The minimum Gasteiger partial charge on any atom is -0.284 e. The fourth-order valence-corrected chi connectivity index (χ4v) is 1.16. The van der Waals surface area contributed by atoms with Gasteiger partial charge in [-0.2, -0.15) is 5.26 Å². The first-order valence-electron chi connectivity index (χ1n) is 4.29. The molecule has 1 aromatic heterocycles. The molecule has 5 heteroatoms. The Morgan fingerprint density at radius 1 is 1.57 bits per heavy atom. The summed E-state index contributed by atoms with van der Waals surface area (Å²) in [5.41, 5.74) is -0.957. The summed E-state index contributed by atoms with van der Waals surface area (Å²) in [5.74, 6) is 0.241. The molecule has 0 unspecified atom stereocenters. The number of hydrogen-bond acceptors (Lipinski definition) is 3. The third-order valence-corrected chi connectivity index (χ3v) is 1.70. The number of nitriles is 1. The van der Waals surface area contributed by atoms with Crippen LogP contribution in [0.1, 0.15) is 19.5 Å². The summed E-state index contributed by atoms with van der Waals surface area (Å²) < 4.78 is 1.27. The Bertz CT molecular complexity index is 476. The van der Waals surface area contributed by atoms with E-state index in [0.29, 0.717) is 6.54 Å². The van der Waals surface area contributed by atoms with Gasteiger partial charge in [-0.15, -0.1) is 0 Å². The maximum atomic E-state index is 11.3. The van der Waals surface area contributed by atoms with Crippen molar-refractivity contribution < 1.29 is 0 Å². The first-order chi connectivity index (χ1) is 6.54. The molecule has 14 heavy (non-hydrogen) atoms. The van der Waals surface area contributed by atoms with Crippen molar-refractivity contribution in [3.63, 3.8) is 0 Å². The summed E-state index contributed by atoms with van der Waals surface area (Å²) in [6.07, 6.45) is 0. The van der Waals surface area contributed by atoms with Gasteiger partial charge < -0.3 is 0 Å². The van der Waals surface area contributed by atoms with Crippen molar-refractivity contribution in [2.45, 2.75) is 20.4 Å². The predicted octanol–water partition coefficient (Wildman–Crippen LogP) is 0.0643. The van der Waals surface area contributed by atoms with E-state index in [0.717, 1.165) is 6.07 Å². The summed E-state index contributed by atoms with van der Waals surface area (Å²) >= 11 is 0. The van der Waals surface area contributed by atoms with Gasteiger partial charge in [-0.25, -0.2) is 4.79 Å². The standard InChI is InChI=1S/C9H11N3O2/c1-6(2)5-12-7(4-10)3-8(13)11-9(12)14/h3,6H,5H2,1-2H3,(H,11,13,14). The van der Waals surface area contributed by atoms with Gasteiger partial charge in [-0.1, -0.05) is 13.8 Å². The number of rotatable bonds is 2. The van der Waals surface area contributed by atoms with Gasteiger partial charge in [0.25, 0.3) is 5.56 Å². The number of aromatic amines is 1.